The molecule has 240 valence electrons. The smallest absolute Gasteiger partial charge is 0.341 e. The van der Waals surface area contributed by atoms with Gasteiger partial charge in [0.15, 0.2) is 13.2 Å². The summed E-state index contributed by atoms with van der Waals surface area (Å²) in [4.78, 5) is 25.0. The normalized spacial score (nSPS) is 13.2. The quantitative estimate of drug-likeness (QED) is 0.198. The lowest BCUT2D eigenvalue weighted by atomic mass is 9.79. The molecule has 8 heteroatoms. The number of ether oxygens (including phenoxy) is 2. The van der Waals surface area contributed by atoms with Gasteiger partial charge in [0.2, 0.25) is 0 Å². The molecule has 0 fully saturated rings. The average Bonchev–Trinajstić information content (AvgIpc) is 2.78. The number of carbonyl (C=O) groups is 2. The molecule has 0 saturated heterocycles. The van der Waals surface area contributed by atoms with Crippen LogP contribution >= 0.6 is 23.5 Å². The second kappa shape index (κ2) is 13.0. The van der Waals surface area contributed by atoms with Gasteiger partial charge in [0.05, 0.1) is 4.08 Å². The number of carboxylic acid groups (broad SMARTS) is 2. The zero-order valence-electron chi connectivity index (χ0n) is 28.6. The van der Waals surface area contributed by atoms with Crippen molar-refractivity contribution in [2.75, 3.05) is 13.2 Å². The van der Waals surface area contributed by atoms with Crippen molar-refractivity contribution >= 4 is 35.5 Å². The van der Waals surface area contributed by atoms with E-state index in [4.69, 9.17) is 9.47 Å². The SMILES string of the molecule is CC(C)(Sc1cc(C(C)(C)C)c(OCC(=O)O)c(C(C)(C)C)c1)Sc1cc(C(C)(C)C)c(OCC(=O)O)c(C(C)(C)C)c1. The Bertz CT molecular complexity index is 1160. The van der Waals surface area contributed by atoms with Crippen LogP contribution in [0.1, 0.15) is 119 Å². The van der Waals surface area contributed by atoms with Gasteiger partial charge in [0.1, 0.15) is 11.5 Å². The Morgan fingerprint density at radius 2 is 0.767 bits per heavy atom. The van der Waals surface area contributed by atoms with E-state index in [1.807, 2.05) is 0 Å². The third-order valence-corrected chi connectivity index (χ3v) is 9.19. The molecule has 2 aromatic rings. The Kier molecular flexibility index (Phi) is 11.1. The van der Waals surface area contributed by atoms with Crippen LogP contribution in [0.15, 0.2) is 34.1 Å². The molecule has 0 atom stereocenters. The second-order valence-electron chi connectivity index (χ2n) is 15.7. The Labute approximate surface area is 267 Å². The fourth-order valence-electron chi connectivity index (χ4n) is 4.72. The maximum absolute atomic E-state index is 11.4. The van der Waals surface area contributed by atoms with Crippen molar-refractivity contribution in [1.82, 2.24) is 0 Å². The van der Waals surface area contributed by atoms with Crippen molar-refractivity contribution in [2.24, 2.45) is 0 Å². The van der Waals surface area contributed by atoms with E-state index < -0.39 is 25.2 Å². The van der Waals surface area contributed by atoms with Gasteiger partial charge in [-0.2, -0.15) is 0 Å². The van der Waals surface area contributed by atoms with Crippen molar-refractivity contribution in [2.45, 2.75) is 132 Å². The first-order chi connectivity index (χ1) is 19.2. The fourth-order valence-corrected chi connectivity index (χ4v) is 7.30. The molecule has 0 aliphatic heterocycles. The number of benzene rings is 2. The second-order valence-corrected chi connectivity index (χ2v) is 19.3. The van der Waals surface area contributed by atoms with Gasteiger partial charge in [-0.05, 0) is 59.8 Å². The molecule has 0 spiro atoms. The summed E-state index contributed by atoms with van der Waals surface area (Å²) in [5.41, 5.74) is 2.86. The maximum atomic E-state index is 11.4. The summed E-state index contributed by atoms with van der Waals surface area (Å²) in [6.45, 7) is 29.0. The zero-order valence-corrected chi connectivity index (χ0v) is 30.2. The van der Waals surface area contributed by atoms with Crippen LogP contribution in [0.4, 0.5) is 0 Å². The van der Waals surface area contributed by atoms with Gasteiger partial charge < -0.3 is 19.7 Å². The van der Waals surface area contributed by atoms with Gasteiger partial charge in [0.25, 0.3) is 0 Å². The van der Waals surface area contributed by atoms with E-state index in [1.165, 1.54) is 0 Å². The van der Waals surface area contributed by atoms with E-state index in [2.05, 4.69) is 121 Å². The minimum absolute atomic E-state index is 0.267. The Hall–Kier alpha value is -2.32. The van der Waals surface area contributed by atoms with E-state index in [0.29, 0.717) is 11.5 Å². The molecule has 0 amide bonds. The number of carboxylic acids is 2. The highest BCUT2D eigenvalue weighted by Crippen LogP contribution is 2.51. The zero-order chi connectivity index (χ0) is 33.3. The minimum atomic E-state index is -1.00. The Morgan fingerprint density at radius 3 is 0.953 bits per heavy atom. The highest BCUT2D eigenvalue weighted by atomic mass is 32.2. The molecule has 0 unspecified atom stereocenters. The van der Waals surface area contributed by atoms with Gasteiger partial charge in [0, 0.05) is 32.0 Å². The van der Waals surface area contributed by atoms with Gasteiger partial charge in [-0.3, -0.25) is 0 Å². The summed E-state index contributed by atoms with van der Waals surface area (Å²) in [6.07, 6.45) is 0. The highest BCUT2D eigenvalue weighted by molar-refractivity contribution is 8.18. The lowest BCUT2D eigenvalue weighted by Gasteiger charge is -2.33. The molecular formula is C35H52O6S2. The van der Waals surface area contributed by atoms with Gasteiger partial charge in [-0.25, -0.2) is 9.59 Å². The van der Waals surface area contributed by atoms with Crippen LogP contribution in [-0.4, -0.2) is 39.4 Å². The molecule has 6 nitrogen and oxygen atoms in total. The van der Waals surface area contributed by atoms with E-state index >= 15 is 0 Å². The number of rotatable bonds is 10. The van der Waals surface area contributed by atoms with Crippen molar-refractivity contribution in [1.29, 1.82) is 0 Å². The molecule has 0 heterocycles. The third-order valence-electron chi connectivity index (χ3n) is 6.76. The van der Waals surface area contributed by atoms with Gasteiger partial charge in [-0.1, -0.05) is 83.1 Å². The third kappa shape index (κ3) is 10.4. The van der Waals surface area contributed by atoms with Crippen molar-refractivity contribution < 1.29 is 29.3 Å². The first-order valence-electron chi connectivity index (χ1n) is 14.7. The number of thioether (sulfide) groups is 2. The van der Waals surface area contributed by atoms with Crippen LogP contribution < -0.4 is 9.47 Å². The van der Waals surface area contributed by atoms with Gasteiger partial charge >= 0.3 is 11.9 Å². The predicted molar refractivity (Wildman–Crippen MR) is 180 cm³/mol. The summed E-state index contributed by atoms with van der Waals surface area (Å²) in [6, 6.07) is 8.57. The van der Waals surface area contributed by atoms with Crippen LogP contribution in [0.2, 0.25) is 0 Å². The lowest BCUT2D eigenvalue weighted by molar-refractivity contribution is -0.140. The molecule has 0 aliphatic carbocycles. The molecule has 2 aromatic carbocycles. The van der Waals surface area contributed by atoms with E-state index in [0.717, 1.165) is 32.0 Å². The predicted octanol–water partition coefficient (Wildman–Crippen LogP) is 9.42. The van der Waals surface area contributed by atoms with Crippen LogP contribution in [0.25, 0.3) is 0 Å². The summed E-state index contributed by atoms with van der Waals surface area (Å²) in [5, 5.41) is 18.7. The van der Waals surface area contributed by atoms with Gasteiger partial charge in [-0.15, -0.1) is 23.5 Å². The molecule has 0 saturated carbocycles. The van der Waals surface area contributed by atoms with E-state index in [9.17, 15) is 19.8 Å². The largest absolute Gasteiger partial charge is 0.481 e. The molecule has 2 N–H and O–H groups in total. The summed E-state index contributed by atoms with van der Waals surface area (Å²) >= 11 is 3.52. The van der Waals surface area contributed by atoms with E-state index in [-0.39, 0.29) is 25.7 Å². The van der Waals surface area contributed by atoms with Crippen LogP contribution in [0, 0.1) is 0 Å². The average molecular weight is 633 g/mol. The molecule has 2 rings (SSSR count). The van der Waals surface area contributed by atoms with Crippen LogP contribution in [0.5, 0.6) is 11.5 Å². The monoisotopic (exact) mass is 632 g/mol. The molecule has 43 heavy (non-hydrogen) atoms. The maximum Gasteiger partial charge on any atom is 0.341 e. The molecule has 0 aromatic heterocycles. The first kappa shape index (κ1) is 36.9. The minimum Gasteiger partial charge on any atom is -0.481 e. The van der Waals surface area contributed by atoms with Crippen molar-refractivity contribution in [3.63, 3.8) is 0 Å². The topological polar surface area (TPSA) is 93.1 Å². The fraction of sp³-hybridized carbons (Fsp3) is 0.600. The molecule has 0 aliphatic rings. The van der Waals surface area contributed by atoms with Crippen LogP contribution in [0.3, 0.4) is 0 Å². The Morgan fingerprint density at radius 1 is 0.535 bits per heavy atom. The highest BCUT2D eigenvalue weighted by Gasteiger charge is 2.33. The molecule has 0 bridgehead atoms. The summed E-state index contributed by atoms with van der Waals surface area (Å²) in [7, 11) is 0. The standard InChI is InChI=1S/C35H52O6S2/c1-31(2,3)23-15-21(16-24(32(4,5)6)29(23)40-19-27(36)37)42-35(13,14)43-22-17-25(33(7,8)9)30(41-20-28(38)39)26(18-22)34(10,11)12/h15-18H,19-20H2,1-14H3,(H,36,37)(H,38,39). The lowest BCUT2D eigenvalue weighted by Crippen LogP contribution is -2.22. The van der Waals surface area contributed by atoms with E-state index in [1.54, 1.807) is 23.5 Å². The summed E-state index contributed by atoms with van der Waals surface area (Å²) < 4.78 is 11.6. The number of aliphatic carboxylic acids is 2. The molecule has 0 radical (unpaired) electrons. The Balaban J connectivity index is 2.66. The van der Waals surface area contributed by atoms with Crippen molar-refractivity contribution in [3.8, 4) is 11.5 Å². The molecular weight excluding hydrogens is 581 g/mol. The van der Waals surface area contributed by atoms with Crippen LogP contribution in [-0.2, 0) is 31.2 Å². The summed E-state index contributed by atoms with van der Waals surface area (Å²) in [5.74, 6) is -0.698. The number of hydrogen-bond acceptors (Lipinski definition) is 6. The first-order valence-corrected chi connectivity index (χ1v) is 16.3. The van der Waals surface area contributed by atoms with Crippen molar-refractivity contribution in [3.05, 3.63) is 46.5 Å². The number of hydrogen-bond donors (Lipinski definition) is 2.